The number of aliphatic hydroxyl groups is 1. The van der Waals surface area contributed by atoms with E-state index in [1.807, 2.05) is 0 Å². The van der Waals surface area contributed by atoms with Crippen LogP contribution in [-0.4, -0.2) is 21.7 Å². The highest BCUT2D eigenvalue weighted by Gasteiger charge is 2.12. The van der Waals surface area contributed by atoms with E-state index in [0.29, 0.717) is 17.4 Å². The molecule has 0 atom stereocenters. The van der Waals surface area contributed by atoms with Crippen LogP contribution < -0.4 is 11.5 Å². The second kappa shape index (κ2) is 2.90. The Kier molecular flexibility index (Phi) is 1.86. The van der Waals surface area contributed by atoms with Crippen molar-refractivity contribution >= 4 is 32.6 Å². The Hall–Kier alpha value is -1.27. The number of aromatic nitrogens is 2. The molecule has 0 aliphatic rings. The molecule has 13 heavy (non-hydrogen) atoms. The van der Waals surface area contributed by atoms with Crippen LogP contribution in [0.1, 0.15) is 5.56 Å². The number of hydrogen-bond acceptors (Lipinski definition) is 5. The highest BCUT2D eigenvalue weighted by Crippen LogP contribution is 2.32. The molecule has 6 N–H and O–H groups in total. The minimum atomic E-state index is 0.0783. The molecule has 2 aromatic heterocycles. The lowest BCUT2D eigenvalue weighted by atomic mass is 10.2. The number of anilines is 2. The molecule has 6 heteroatoms. The van der Waals surface area contributed by atoms with E-state index in [4.69, 9.17) is 16.6 Å². The number of fused-ring (bicyclic) bond motifs is 1. The van der Waals surface area contributed by atoms with E-state index in [1.54, 1.807) is 0 Å². The number of nitrogens with one attached hydrogen (secondary N) is 1. The van der Waals surface area contributed by atoms with Crippen molar-refractivity contribution in [1.82, 2.24) is 9.97 Å². The third kappa shape index (κ3) is 1.24. The first-order chi connectivity index (χ1) is 6.22. The summed E-state index contributed by atoms with van der Waals surface area (Å²) in [6.07, 6.45) is 0.535. The van der Waals surface area contributed by atoms with Crippen molar-refractivity contribution in [1.29, 1.82) is 0 Å². The average molecular weight is 198 g/mol. The topological polar surface area (TPSA) is 101 Å². The van der Waals surface area contributed by atoms with E-state index < -0.39 is 0 Å². The average Bonchev–Trinajstić information content (AvgIpc) is 2.52. The highest BCUT2D eigenvalue weighted by molar-refractivity contribution is 7.22. The van der Waals surface area contributed by atoms with Gasteiger partial charge in [-0.05, 0) is 0 Å². The van der Waals surface area contributed by atoms with Gasteiger partial charge in [0.05, 0.1) is 10.5 Å². The molecule has 0 aliphatic heterocycles. The number of aromatic amines is 1. The van der Waals surface area contributed by atoms with Gasteiger partial charge in [0.25, 0.3) is 0 Å². The molecule has 70 valence electrons. The minimum Gasteiger partial charge on any atom is -0.396 e. The first-order valence-electron chi connectivity index (χ1n) is 3.85. The van der Waals surface area contributed by atoms with E-state index in [2.05, 4.69) is 9.97 Å². The summed E-state index contributed by atoms with van der Waals surface area (Å²) in [4.78, 5) is 7.78. The lowest BCUT2D eigenvalue weighted by Gasteiger charge is -1.95. The predicted octanol–water partition coefficient (Wildman–Crippen LogP) is 0.324. The van der Waals surface area contributed by atoms with E-state index in [9.17, 15) is 0 Å². The molecule has 0 fully saturated rings. The number of thiophene rings is 1. The number of imidazole rings is 1. The summed E-state index contributed by atoms with van der Waals surface area (Å²) in [6, 6.07) is 0. The highest BCUT2D eigenvalue weighted by atomic mass is 32.1. The van der Waals surface area contributed by atoms with Gasteiger partial charge in [0.1, 0.15) is 4.83 Å². The molecule has 2 rings (SSSR count). The Morgan fingerprint density at radius 3 is 2.92 bits per heavy atom. The van der Waals surface area contributed by atoms with E-state index >= 15 is 0 Å². The maximum Gasteiger partial charge on any atom is 0.199 e. The standard InChI is InChI=1S/C7H10N4OS/c8-5-3(1-2-12)4-6(13-5)11-7(9)10-4/h12H,1-2,8H2,(H3,9,10,11). The zero-order valence-electron chi connectivity index (χ0n) is 6.87. The summed E-state index contributed by atoms with van der Waals surface area (Å²) in [5.41, 5.74) is 13.0. The second-order valence-electron chi connectivity index (χ2n) is 2.72. The summed E-state index contributed by atoms with van der Waals surface area (Å²) in [5.74, 6) is 0.389. The zero-order chi connectivity index (χ0) is 9.42. The fourth-order valence-corrected chi connectivity index (χ4v) is 2.26. The van der Waals surface area contributed by atoms with Gasteiger partial charge in [0, 0.05) is 18.6 Å². The minimum absolute atomic E-state index is 0.0783. The van der Waals surface area contributed by atoms with Crippen LogP contribution in [0.5, 0.6) is 0 Å². The third-order valence-corrected chi connectivity index (χ3v) is 2.81. The van der Waals surface area contributed by atoms with Crippen LogP contribution in [0.3, 0.4) is 0 Å². The smallest absolute Gasteiger partial charge is 0.199 e. The molecule has 5 nitrogen and oxygen atoms in total. The molecule has 0 bridgehead atoms. The number of hydrogen-bond donors (Lipinski definition) is 4. The lowest BCUT2D eigenvalue weighted by Crippen LogP contribution is -1.94. The molecule has 0 aliphatic carbocycles. The van der Waals surface area contributed by atoms with E-state index in [1.165, 1.54) is 11.3 Å². The summed E-state index contributed by atoms with van der Waals surface area (Å²) < 4.78 is 0. The van der Waals surface area contributed by atoms with Crippen LogP contribution in [0.15, 0.2) is 0 Å². The van der Waals surface area contributed by atoms with Crippen LogP contribution in [0.2, 0.25) is 0 Å². The van der Waals surface area contributed by atoms with Gasteiger partial charge >= 0.3 is 0 Å². The number of H-pyrrole nitrogens is 1. The molecule has 0 spiro atoms. The molecule has 2 aromatic rings. The number of rotatable bonds is 2. The van der Waals surface area contributed by atoms with Crippen LogP contribution in [0, 0.1) is 0 Å². The van der Waals surface area contributed by atoms with Crippen LogP contribution in [0.25, 0.3) is 10.3 Å². The number of nitrogens with zero attached hydrogens (tertiary/aromatic N) is 1. The summed E-state index contributed by atoms with van der Waals surface area (Å²) >= 11 is 1.38. The first kappa shape index (κ1) is 8.33. The fourth-order valence-electron chi connectivity index (χ4n) is 1.30. The van der Waals surface area contributed by atoms with Crippen molar-refractivity contribution in [2.24, 2.45) is 0 Å². The quantitative estimate of drug-likeness (QED) is 0.558. The first-order valence-corrected chi connectivity index (χ1v) is 4.67. The number of nitrogen functional groups attached to an aromatic ring is 2. The van der Waals surface area contributed by atoms with Crippen LogP contribution >= 0.6 is 11.3 Å². The summed E-state index contributed by atoms with van der Waals surface area (Å²) in [5, 5.41) is 9.51. The molecule has 2 heterocycles. The molecule has 0 aromatic carbocycles. The van der Waals surface area contributed by atoms with Crippen molar-refractivity contribution < 1.29 is 5.11 Å². The van der Waals surface area contributed by atoms with E-state index in [0.717, 1.165) is 15.9 Å². The monoisotopic (exact) mass is 198 g/mol. The largest absolute Gasteiger partial charge is 0.396 e. The van der Waals surface area contributed by atoms with E-state index in [-0.39, 0.29) is 6.61 Å². The van der Waals surface area contributed by atoms with Gasteiger partial charge in [-0.2, -0.15) is 0 Å². The molecular formula is C7H10N4OS. The Labute approximate surface area is 78.4 Å². The van der Waals surface area contributed by atoms with Gasteiger partial charge in [-0.3, -0.25) is 0 Å². The Balaban J connectivity index is 2.61. The van der Waals surface area contributed by atoms with Crippen LogP contribution in [-0.2, 0) is 6.42 Å². The number of aliphatic hydroxyl groups excluding tert-OH is 1. The summed E-state index contributed by atoms with van der Waals surface area (Å²) in [7, 11) is 0. The van der Waals surface area contributed by atoms with Gasteiger partial charge in [-0.1, -0.05) is 11.3 Å². The Morgan fingerprint density at radius 1 is 1.46 bits per heavy atom. The lowest BCUT2D eigenvalue weighted by molar-refractivity contribution is 0.300. The van der Waals surface area contributed by atoms with Gasteiger partial charge in [0.15, 0.2) is 5.95 Å². The van der Waals surface area contributed by atoms with Crippen molar-refractivity contribution in [3.63, 3.8) is 0 Å². The molecule has 0 saturated heterocycles. The molecule has 0 saturated carbocycles. The molecule has 0 radical (unpaired) electrons. The molecular weight excluding hydrogens is 188 g/mol. The fraction of sp³-hybridized carbons (Fsp3) is 0.286. The maximum atomic E-state index is 8.81. The molecule has 0 amide bonds. The maximum absolute atomic E-state index is 8.81. The Bertz CT molecular complexity index is 433. The van der Waals surface area contributed by atoms with Crippen LogP contribution in [0.4, 0.5) is 10.9 Å². The van der Waals surface area contributed by atoms with Crippen molar-refractivity contribution in [3.05, 3.63) is 5.56 Å². The second-order valence-corrected chi connectivity index (χ2v) is 3.75. The zero-order valence-corrected chi connectivity index (χ0v) is 7.69. The van der Waals surface area contributed by atoms with Gasteiger partial charge in [-0.15, -0.1) is 0 Å². The molecule has 0 unspecified atom stereocenters. The number of nitrogens with two attached hydrogens (primary N) is 2. The van der Waals surface area contributed by atoms with Crippen molar-refractivity contribution in [3.8, 4) is 0 Å². The van der Waals surface area contributed by atoms with Gasteiger partial charge in [0.2, 0.25) is 0 Å². The predicted molar refractivity (Wildman–Crippen MR) is 53.6 cm³/mol. The summed E-state index contributed by atoms with van der Waals surface area (Å²) in [6.45, 7) is 0.0783. The van der Waals surface area contributed by atoms with Gasteiger partial charge < -0.3 is 21.6 Å². The third-order valence-electron chi connectivity index (χ3n) is 1.86. The van der Waals surface area contributed by atoms with Crippen molar-refractivity contribution in [2.75, 3.05) is 18.1 Å². The van der Waals surface area contributed by atoms with Gasteiger partial charge in [-0.25, -0.2) is 4.98 Å². The van der Waals surface area contributed by atoms with Crippen molar-refractivity contribution in [2.45, 2.75) is 6.42 Å². The Morgan fingerprint density at radius 2 is 2.23 bits per heavy atom. The normalized spacial score (nSPS) is 11.2. The SMILES string of the molecule is Nc1nc2sc(N)c(CCO)c2[nH]1.